The molecule has 4 nitrogen and oxygen atoms in total. The summed E-state index contributed by atoms with van der Waals surface area (Å²) in [5.74, 6) is 0.916. The summed E-state index contributed by atoms with van der Waals surface area (Å²) in [6, 6.07) is 12.4. The van der Waals surface area contributed by atoms with Crippen molar-refractivity contribution in [3.05, 3.63) is 58.7 Å². The predicted molar refractivity (Wildman–Crippen MR) is 102 cm³/mol. The molecule has 0 fully saturated rings. The van der Waals surface area contributed by atoms with Crippen LogP contribution < -0.4 is 15.0 Å². The molecule has 0 aliphatic carbocycles. The van der Waals surface area contributed by atoms with Gasteiger partial charge in [-0.05, 0) is 56.9 Å². The topological polar surface area (TPSA) is 41.6 Å². The Hall–Kier alpha value is -2.49. The Kier molecular flexibility index (Phi) is 4.98. The number of para-hydroxylation sites is 1. The summed E-state index contributed by atoms with van der Waals surface area (Å²) in [4.78, 5) is 14.4. The van der Waals surface area contributed by atoms with E-state index in [0.717, 1.165) is 29.0 Å². The smallest absolute Gasteiger partial charge is 0.322 e. The molecular formula is C21H26N2O2. The molecule has 1 heterocycles. The van der Waals surface area contributed by atoms with Gasteiger partial charge in [-0.15, -0.1) is 0 Å². The molecule has 2 amide bonds. The highest BCUT2D eigenvalue weighted by Gasteiger charge is 2.30. The molecule has 132 valence electrons. The number of nitrogens with zero attached hydrogens (tertiary/aromatic N) is 1. The largest absolute Gasteiger partial charge is 0.491 e. The van der Waals surface area contributed by atoms with E-state index in [1.165, 1.54) is 11.1 Å². The molecule has 1 aliphatic rings. The number of benzene rings is 2. The van der Waals surface area contributed by atoms with Gasteiger partial charge in [0.25, 0.3) is 0 Å². The maximum atomic E-state index is 12.6. The number of hydrogen-bond acceptors (Lipinski definition) is 2. The lowest BCUT2D eigenvalue weighted by molar-refractivity contribution is 0.240. The van der Waals surface area contributed by atoms with Gasteiger partial charge in [0.1, 0.15) is 12.4 Å². The van der Waals surface area contributed by atoms with Crippen molar-refractivity contribution in [2.24, 2.45) is 0 Å². The third kappa shape index (κ3) is 3.63. The molecule has 1 aliphatic heterocycles. The normalized spacial score (nSPS) is 15.8. The number of rotatable bonds is 4. The van der Waals surface area contributed by atoms with Gasteiger partial charge in [-0.1, -0.05) is 35.9 Å². The van der Waals surface area contributed by atoms with E-state index in [4.69, 9.17) is 4.74 Å². The lowest BCUT2D eigenvalue weighted by atomic mass is 10.1. The quantitative estimate of drug-likeness (QED) is 0.851. The van der Waals surface area contributed by atoms with Crippen LogP contribution in [0.4, 0.5) is 10.5 Å². The van der Waals surface area contributed by atoms with Crippen molar-refractivity contribution < 1.29 is 9.53 Å². The van der Waals surface area contributed by atoms with Crippen LogP contribution in [-0.2, 0) is 6.42 Å². The number of amides is 2. The van der Waals surface area contributed by atoms with Crippen molar-refractivity contribution >= 4 is 11.7 Å². The SMILES string of the molecule is Cc1cc(C)c(OCCNC(=O)N2c3ccccc3CC2C)c(C)c1. The Morgan fingerprint density at radius 3 is 2.60 bits per heavy atom. The fraction of sp³-hybridized carbons (Fsp3) is 0.381. The minimum atomic E-state index is -0.0570. The van der Waals surface area contributed by atoms with Gasteiger partial charge in [0, 0.05) is 11.7 Å². The fourth-order valence-corrected chi connectivity index (χ4v) is 3.67. The molecule has 2 aromatic rings. The van der Waals surface area contributed by atoms with Gasteiger partial charge in [-0.2, -0.15) is 0 Å². The minimum Gasteiger partial charge on any atom is -0.491 e. The molecule has 0 radical (unpaired) electrons. The molecule has 0 aromatic heterocycles. The van der Waals surface area contributed by atoms with Gasteiger partial charge in [-0.3, -0.25) is 4.90 Å². The Labute approximate surface area is 149 Å². The first-order chi connectivity index (χ1) is 12.0. The van der Waals surface area contributed by atoms with E-state index in [1.807, 2.05) is 23.1 Å². The number of fused-ring (bicyclic) bond motifs is 1. The highest BCUT2D eigenvalue weighted by Crippen LogP contribution is 2.31. The van der Waals surface area contributed by atoms with Crippen molar-refractivity contribution in [2.45, 2.75) is 40.2 Å². The summed E-state index contributed by atoms with van der Waals surface area (Å²) in [6.45, 7) is 9.21. The zero-order valence-corrected chi connectivity index (χ0v) is 15.4. The molecule has 0 spiro atoms. The average molecular weight is 338 g/mol. The average Bonchev–Trinajstić information content (AvgIpc) is 2.88. The second-order valence-corrected chi connectivity index (χ2v) is 6.86. The van der Waals surface area contributed by atoms with Gasteiger partial charge >= 0.3 is 6.03 Å². The van der Waals surface area contributed by atoms with Crippen LogP contribution in [-0.4, -0.2) is 25.2 Å². The molecule has 1 unspecified atom stereocenters. The number of carbonyl (C=O) groups is 1. The number of nitrogens with one attached hydrogen (secondary N) is 1. The van der Waals surface area contributed by atoms with Crippen molar-refractivity contribution in [1.29, 1.82) is 0 Å². The van der Waals surface area contributed by atoms with E-state index in [2.05, 4.69) is 51.2 Å². The van der Waals surface area contributed by atoms with Crippen LogP contribution >= 0.6 is 0 Å². The Bertz CT molecular complexity index is 762. The van der Waals surface area contributed by atoms with Gasteiger partial charge in [0.2, 0.25) is 0 Å². The summed E-state index contributed by atoms with van der Waals surface area (Å²) in [6.07, 6.45) is 0.905. The van der Waals surface area contributed by atoms with Gasteiger partial charge < -0.3 is 10.1 Å². The Morgan fingerprint density at radius 1 is 1.20 bits per heavy atom. The van der Waals surface area contributed by atoms with Crippen LogP contribution in [0.2, 0.25) is 0 Å². The maximum Gasteiger partial charge on any atom is 0.322 e. The van der Waals surface area contributed by atoms with Crippen LogP contribution in [0.5, 0.6) is 5.75 Å². The van der Waals surface area contributed by atoms with Crippen molar-refractivity contribution in [3.63, 3.8) is 0 Å². The second kappa shape index (κ2) is 7.18. The standard InChI is InChI=1S/C21H26N2O2/c1-14-11-15(2)20(16(3)12-14)25-10-9-22-21(24)23-17(4)13-18-7-5-6-8-19(18)23/h5-8,11-12,17H,9-10,13H2,1-4H3,(H,22,24). The second-order valence-electron chi connectivity index (χ2n) is 6.86. The molecule has 25 heavy (non-hydrogen) atoms. The van der Waals surface area contributed by atoms with Crippen LogP contribution in [0, 0.1) is 20.8 Å². The lowest BCUT2D eigenvalue weighted by Crippen LogP contribution is -2.44. The van der Waals surface area contributed by atoms with Crippen molar-refractivity contribution in [2.75, 3.05) is 18.1 Å². The number of aryl methyl sites for hydroxylation is 3. The fourth-order valence-electron chi connectivity index (χ4n) is 3.67. The van der Waals surface area contributed by atoms with E-state index in [0.29, 0.717) is 13.2 Å². The van der Waals surface area contributed by atoms with Crippen LogP contribution in [0.1, 0.15) is 29.2 Å². The number of carbonyl (C=O) groups excluding carboxylic acids is 1. The summed E-state index contributed by atoms with van der Waals surface area (Å²) >= 11 is 0. The summed E-state index contributed by atoms with van der Waals surface area (Å²) in [7, 11) is 0. The first-order valence-electron chi connectivity index (χ1n) is 8.83. The van der Waals surface area contributed by atoms with Gasteiger partial charge in [0.05, 0.1) is 6.54 Å². The van der Waals surface area contributed by atoms with E-state index in [9.17, 15) is 4.79 Å². The van der Waals surface area contributed by atoms with Gasteiger partial charge in [-0.25, -0.2) is 4.79 Å². The zero-order valence-electron chi connectivity index (χ0n) is 15.4. The van der Waals surface area contributed by atoms with Gasteiger partial charge in [0.15, 0.2) is 0 Å². The first-order valence-corrected chi connectivity index (χ1v) is 8.83. The molecule has 0 saturated carbocycles. The number of ether oxygens (including phenoxy) is 1. The number of urea groups is 1. The predicted octanol–water partition coefficient (Wildman–Crippen LogP) is 4.15. The molecule has 1 atom stereocenters. The zero-order chi connectivity index (χ0) is 18.0. The first kappa shape index (κ1) is 17.3. The highest BCUT2D eigenvalue weighted by atomic mass is 16.5. The van der Waals surface area contributed by atoms with Crippen molar-refractivity contribution in [1.82, 2.24) is 5.32 Å². The van der Waals surface area contributed by atoms with E-state index < -0.39 is 0 Å². The molecule has 4 heteroatoms. The van der Waals surface area contributed by atoms with E-state index in [-0.39, 0.29) is 12.1 Å². The molecule has 1 N–H and O–H groups in total. The third-order valence-electron chi connectivity index (χ3n) is 4.66. The maximum absolute atomic E-state index is 12.6. The monoisotopic (exact) mass is 338 g/mol. The van der Waals surface area contributed by atoms with Crippen LogP contribution in [0.25, 0.3) is 0 Å². The van der Waals surface area contributed by atoms with E-state index in [1.54, 1.807) is 0 Å². The summed E-state index contributed by atoms with van der Waals surface area (Å²) in [5, 5.41) is 2.98. The minimum absolute atomic E-state index is 0.0570. The molecule has 0 bridgehead atoms. The highest BCUT2D eigenvalue weighted by molar-refractivity contribution is 5.94. The number of anilines is 1. The molecule has 2 aromatic carbocycles. The van der Waals surface area contributed by atoms with Crippen molar-refractivity contribution in [3.8, 4) is 5.75 Å². The molecule has 3 rings (SSSR count). The van der Waals surface area contributed by atoms with Crippen LogP contribution in [0.15, 0.2) is 36.4 Å². The van der Waals surface area contributed by atoms with E-state index >= 15 is 0 Å². The van der Waals surface area contributed by atoms with Crippen LogP contribution in [0.3, 0.4) is 0 Å². The lowest BCUT2D eigenvalue weighted by Gasteiger charge is -2.23. The third-order valence-corrected chi connectivity index (χ3v) is 4.66. The molecular weight excluding hydrogens is 312 g/mol. The number of hydrogen-bond donors (Lipinski definition) is 1. The molecule has 0 saturated heterocycles. The Morgan fingerprint density at radius 2 is 1.88 bits per heavy atom. The Balaban J connectivity index is 1.56. The summed E-state index contributed by atoms with van der Waals surface area (Å²) < 4.78 is 5.90. The summed E-state index contributed by atoms with van der Waals surface area (Å²) in [5.41, 5.74) is 5.74.